The van der Waals surface area contributed by atoms with Crippen molar-refractivity contribution >= 4 is 10.8 Å². The molecule has 1 unspecified atom stereocenters. The first-order chi connectivity index (χ1) is 16.6. The highest BCUT2D eigenvalue weighted by molar-refractivity contribution is 6.02. The summed E-state index contributed by atoms with van der Waals surface area (Å²) in [5.41, 5.74) is 13.0. The van der Waals surface area contributed by atoms with Crippen molar-refractivity contribution in [3.05, 3.63) is 131 Å². The summed E-state index contributed by atoms with van der Waals surface area (Å²) in [6, 6.07) is 38.7. The van der Waals surface area contributed by atoms with Crippen molar-refractivity contribution in [2.75, 3.05) is 0 Å². The van der Waals surface area contributed by atoms with Crippen LogP contribution in [0.4, 0.5) is 0 Å². The Hall–Kier alpha value is -3.64. The largest absolute Gasteiger partial charge is 0.0622 e. The van der Waals surface area contributed by atoms with Crippen molar-refractivity contribution in [2.45, 2.75) is 38.0 Å². The number of rotatable bonds is 1. The standard InChI is InChI=1S/C34H28/c1-34(2)30-15-9-8-14-27(30)29-21-18-24-17-20-28-25-13-7-6-12-23(25)16-19-26(22-10-4-3-5-11-22)32(28)31(24)33(29)34/h3-15,17-18,20-21,26H,16,19H2,1-2H3. The molecular formula is C34H28. The molecule has 0 radical (unpaired) electrons. The molecule has 164 valence electrons. The van der Waals surface area contributed by atoms with Gasteiger partial charge in [-0.1, -0.05) is 117 Å². The van der Waals surface area contributed by atoms with Gasteiger partial charge in [-0.3, -0.25) is 0 Å². The predicted octanol–water partition coefficient (Wildman–Crippen LogP) is 8.89. The Morgan fingerprint density at radius 3 is 2.12 bits per heavy atom. The molecule has 0 nitrogen and oxygen atoms in total. The SMILES string of the molecule is CC1(C)c2ccccc2-c2ccc3ccc4c(c3c21)C(c1ccccc1)CCc1ccccc1-4. The monoisotopic (exact) mass is 436 g/mol. The average molecular weight is 437 g/mol. The molecule has 0 N–H and O–H groups in total. The Kier molecular flexibility index (Phi) is 4.18. The lowest BCUT2D eigenvalue weighted by Crippen LogP contribution is -2.17. The van der Waals surface area contributed by atoms with Crippen LogP contribution in [0.3, 0.4) is 0 Å². The lowest BCUT2D eigenvalue weighted by atomic mass is 9.75. The molecule has 2 aliphatic carbocycles. The van der Waals surface area contributed by atoms with E-state index in [1.165, 1.54) is 60.8 Å². The van der Waals surface area contributed by atoms with Gasteiger partial charge in [-0.25, -0.2) is 0 Å². The van der Waals surface area contributed by atoms with E-state index in [9.17, 15) is 0 Å². The Morgan fingerprint density at radius 2 is 1.29 bits per heavy atom. The molecule has 0 spiro atoms. The molecule has 34 heavy (non-hydrogen) atoms. The van der Waals surface area contributed by atoms with E-state index in [0.29, 0.717) is 5.92 Å². The topological polar surface area (TPSA) is 0 Å². The molecule has 0 fully saturated rings. The first-order valence-corrected chi connectivity index (χ1v) is 12.5. The van der Waals surface area contributed by atoms with E-state index in [1.807, 2.05) is 0 Å². The minimum absolute atomic E-state index is 0.0341. The molecule has 0 saturated carbocycles. The third kappa shape index (κ3) is 2.66. The summed E-state index contributed by atoms with van der Waals surface area (Å²) in [6.07, 6.45) is 2.23. The lowest BCUT2D eigenvalue weighted by molar-refractivity contribution is 0.663. The zero-order chi connectivity index (χ0) is 22.9. The van der Waals surface area contributed by atoms with Gasteiger partial charge in [0, 0.05) is 11.3 Å². The van der Waals surface area contributed by atoms with E-state index in [-0.39, 0.29) is 5.41 Å². The van der Waals surface area contributed by atoms with Crippen LogP contribution in [0, 0.1) is 0 Å². The van der Waals surface area contributed by atoms with Gasteiger partial charge in [0.25, 0.3) is 0 Å². The van der Waals surface area contributed by atoms with Crippen molar-refractivity contribution in [3.63, 3.8) is 0 Å². The van der Waals surface area contributed by atoms with Crippen molar-refractivity contribution in [1.82, 2.24) is 0 Å². The number of fused-ring (bicyclic) bond motifs is 9. The van der Waals surface area contributed by atoms with Gasteiger partial charge in [-0.15, -0.1) is 0 Å². The van der Waals surface area contributed by atoms with Crippen molar-refractivity contribution in [1.29, 1.82) is 0 Å². The molecule has 1 atom stereocenters. The Balaban J connectivity index is 1.64. The summed E-state index contributed by atoms with van der Waals surface area (Å²) in [4.78, 5) is 0. The van der Waals surface area contributed by atoms with E-state index in [1.54, 1.807) is 0 Å². The molecule has 0 amide bonds. The summed E-state index contributed by atoms with van der Waals surface area (Å²) in [5.74, 6) is 0.373. The number of hydrogen-bond donors (Lipinski definition) is 0. The molecule has 7 rings (SSSR count). The van der Waals surface area contributed by atoms with Crippen molar-refractivity contribution in [3.8, 4) is 22.3 Å². The Labute approximate surface area is 201 Å². The van der Waals surface area contributed by atoms with E-state index >= 15 is 0 Å². The first kappa shape index (κ1) is 19.8. The van der Waals surface area contributed by atoms with Gasteiger partial charge in [0.05, 0.1) is 0 Å². The number of benzene rings is 5. The van der Waals surface area contributed by atoms with Crippen LogP contribution in [0.15, 0.2) is 103 Å². The Morgan fingerprint density at radius 1 is 0.618 bits per heavy atom. The fraction of sp³-hybridized carbons (Fsp3) is 0.176. The third-order valence-corrected chi connectivity index (χ3v) is 8.30. The minimum Gasteiger partial charge on any atom is -0.0622 e. The van der Waals surface area contributed by atoms with Crippen LogP contribution in [-0.4, -0.2) is 0 Å². The van der Waals surface area contributed by atoms with Gasteiger partial charge in [-0.05, 0) is 73.7 Å². The van der Waals surface area contributed by atoms with Crippen molar-refractivity contribution < 1.29 is 0 Å². The fourth-order valence-electron chi connectivity index (χ4n) is 6.78. The van der Waals surface area contributed by atoms with Gasteiger partial charge in [0.1, 0.15) is 0 Å². The first-order valence-electron chi connectivity index (χ1n) is 12.5. The smallest absolute Gasteiger partial charge is 0.0165 e. The van der Waals surface area contributed by atoms with Crippen LogP contribution < -0.4 is 0 Å². The number of aryl methyl sites for hydroxylation is 1. The fourth-order valence-corrected chi connectivity index (χ4v) is 6.78. The molecule has 0 bridgehead atoms. The molecular weight excluding hydrogens is 408 g/mol. The molecule has 0 saturated heterocycles. The third-order valence-electron chi connectivity index (χ3n) is 8.30. The van der Waals surface area contributed by atoms with Crippen LogP contribution >= 0.6 is 0 Å². The van der Waals surface area contributed by atoms with Crippen LogP contribution in [0.5, 0.6) is 0 Å². The van der Waals surface area contributed by atoms with Gasteiger partial charge in [-0.2, -0.15) is 0 Å². The lowest BCUT2D eigenvalue weighted by Gasteiger charge is -2.28. The molecule has 0 aromatic heterocycles. The summed E-state index contributed by atoms with van der Waals surface area (Å²) in [7, 11) is 0. The maximum absolute atomic E-state index is 2.42. The van der Waals surface area contributed by atoms with Gasteiger partial charge in [0.15, 0.2) is 0 Å². The van der Waals surface area contributed by atoms with Crippen LogP contribution in [0.2, 0.25) is 0 Å². The summed E-state index contributed by atoms with van der Waals surface area (Å²) in [5, 5.41) is 2.83. The summed E-state index contributed by atoms with van der Waals surface area (Å²) >= 11 is 0. The zero-order valence-electron chi connectivity index (χ0n) is 19.8. The molecule has 2 aliphatic rings. The van der Waals surface area contributed by atoms with E-state index < -0.39 is 0 Å². The van der Waals surface area contributed by atoms with Crippen LogP contribution in [0.1, 0.15) is 54.0 Å². The molecule has 5 aromatic carbocycles. The minimum atomic E-state index is -0.0341. The quantitative estimate of drug-likeness (QED) is 0.246. The predicted molar refractivity (Wildman–Crippen MR) is 144 cm³/mol. The molecule has 0 heterocycles. The Bertz CT molecular complexity index is 1570. The second-order valence-electron chi connectivity index (χ2n) is 10.4. The molecule has 0 aliphatic heterocycles. The molecule has 0 heteroatoms. The second-order valence-corrected chi connectivity index (χ2v) is 10.4. The maximum atomic E-state index is 2.42. The summed E-state index contributed by atoms with van der Waals surface area (Å²) < 4.78 is 0. The maximum Gasteiger partial charge on any atom is 0.0165 e. The van der Waals surface area contributed by atoms with Crippen LogP contribution in [-0.2, 0) is 11.8 Å². The van der Waals surface area contributed by atoms with E-state index in [4.69, 9.17) is 0 Å². The highest BCUT2D eigenvalue weighted by Crippen LogP contribution is 2.54. The average Bonchev–Trinajstić information content (AvgIpc) is 3.00. The van der Waals surface area contributed by atoms with Gasteiger partial charge >= 0.3 is 0 Å². The van der Waals surface area contributed by atoms with Gasteiger partial charge in [0.2, 0.25) is 0 Å². The highest BCUT2D eigenvalue weighted by atomic mass is 14.4. The number of hydrogen-bond acceptors (Lipinski definition) is 0. The van der Waals surface area contributed by atoms with Gasteiger partial charge < -0.3 is 0 Å². The summed E-state index contributed by atoms with van der Waals surface area (Å²) in [6.45, 7) is 4.83. The van der Waals surface area contributed by atoms with Crippen LogP contribution in [0.25, 0.3) is 33.0 Å². The zero-order valence-corrected chi connectivity index (χ0v) is 19.8. The molecule has 5 aromatic rings. The van der Waals surface area contributed by atoms with E-state index in [2.05, 4.69) is 117 Å². The normalized spacial score (nSPS) is 17.4. The van der Waals surface area contributed by atoms with Crippen molar-refractivity contribution in [2.24, 2.45) is 0 Å². The second kappa shape index (κ2) is 7.18. The highest BCUT2D eigenvalue weighted by Gasteiger charge is 2.38. The van der Waals surface area contributed by atoms with E-state index in [0.717, 1.165) is 12.8 Å².